The number of hydrogen-bond acceptors (Lipinski definition) is 6. The molecule has 2 amide bonds. The third kappa shape index (κ3) is 7.10. The number of nitrogens with zero attached hydrogens (tertiary/aromatic N) is 1. The highest BCUT2D eigenvalue weighted by atomic mass is 35.5. The number of esters is 1. The SMILES string of the molecule is CCOC(=O)C(C)(CC)NC(=O)c1cc(Cl)c2ccccc2c1OCC1CCN(C(=O)OC(C)(C)C)CC1. The highest BCUT2D eigenvalue weighted by Crippen LogP contribution is 2.36. The van der Waals surface area contributed by atoms with Crippen molar-refractivity contribution < 1.29 is 28.6 Å². The van der Waals surface area contributed by atoms with E-state index in [-0.39, 0.29) is 24.2 Å². The van der Waals surface area contributed by atoms with Crippen molar-refractivity contribution in [2.75, 3.05) is 26.3 Å². The molecule has 1 aliphatic heterocycles. The van der Waals surface area contributed by atoms with Gasteiger partial charge < -0.3 is 24.4 Å². The minimum atomic E-state index is -1.20. The number of ether oxygens (including phenoxy) is 3. The molecule has 3 rings (SSSR count). The Bertz CT molecular complexity index is 1170. The summed E-state index contributed by atoms with van der Waals surface area (Å²) in [5.74, 6) is -0.356. The molecular weight excluding hydrogens is 508 g/mol. The molecule has 1 unspecified atom stereocenters. The standard InChI is InChI=1S/C29H39ClN2O6/c1-7-29(6,26(34)36-8-2)31-25(33)22-17-23(30)20-11-9-10-12-21(20)24(22)37-18-19-13-15-32(16-14-19)27(35)38-28(3,4)5/h9-12,17,19H,7-8,13-16,18H2,1-6H3,(H,31,33). The van der Waals surface area contributed by atoms with E-state index in [0.717, 1.165) is 18.2 Å². The van der Waals surface area contributed by atoms with Crippen LogP contribution in [0.3, 0.4) is 0 Å². The number of benzene rings is 2. The first-order chi connectivity index (χ1) is 17.9. The first-order valence-corrected chi connectivity index (χ1v) is 13.6. The van der Waals surface area contributed by atoms with Gasteiger partial charge in [0.2, 0.25) is 0 Å². The van der Waals surface area contributed by atoms with Gasteiger partial charge in [-0.3, -0.25) is 4.79 Å². The van der Waals surface area contributed by atoms with Crippen LogP contribution in [0.5, 0.6) is 5.75 Å². The molecule has 0 radical (unpaired) electrons. The van der Waals surface area contributed by atoms with E-state index in [1.165, 1.54) is 0 Å². The minimum Gasteiger partial charge on any atom is -0.492 e. The van der Waals surface area contributed by atoms with Gasteiger partial charge >= 0.3 is 12.1 Å². The highest BCUT2D eigenvalue weighted by molar-refractivity contribution is 6.36. The largest absolute Gasteiger partial charge is 0.492 e. The molecule has 1 saturated heterocycles. The van der Waals surface area contributed by atoms with Crippen molar-refractivity contribution >= 4 is 40.3 Å². The second kappa shape index (κ2) is 12.2. The number of carbonyl (C=O) groups is 3. The number of likely N-dealkylation sites (tertiary alicyclic amines) is 1. The summed E-state index contributed by atoms with van der Waals surface area (Å²) >= 11 is 6.56. The third-order valence-corrected chi connectivity index (χ3v) is 7.05. The fraction of sp³-hybridized carbons (Fsp3) is 0.552. The number of fused-ring (bicyclic) bond motifs is 1. The number of hydrogen-bond donors (Lipinski definition) is 1. The minimum absolute atomic E-state index is 0.194. The molecule has 2 aromatic rings. The van der Waals surface area contributed by atoms with E-state index < -0.39 is 23.0 Å². The van der Waals surface area contributed by atoms with E-state index in [1.54, 1.807) is 24.8 Å². The molecule has 2 aromatic carbocycles. The van der Waals surface area contributed by atoms with Gasteiger partial charge in [-0.1, -0.05) is 42.8 Å². The summed E-state index contributed by atoms with van der Waals surface area (Å²) in [6.07, 6.45) is 1.55. The highest BCUT2D eigenvalue weighted by Gasteiger charge is 2.36. The molecule has 208 valence electrons. The molecule has 0 spiro atoms. The average molecular weight is 547 g/mol. The zero-order chi connectivity index (χ0) is 28.1. The Morgan fingerprint density at radius 2 is 1.68 bits per heavy atom. The van der Waals surface area contributed by atoms with E-state index in [0.29, 0.717) is 42.3 Å². The van der Waals surface area contributed by atoms with Crippen LogP contribution in [0.25, 0.3) is 10.8 Å². The lowest BCUT2D eigenvalue weighted by atomic mass is 9.97. The second-order valence-corrected chi connectivity index (χ2v) is 11.3. The molecule has 1 atom stereocenters. The van der Waals surface area contributed by atoms with Crippen molar-refractivity contribution in [3.05, 3.63) is 40.9 Å². The van der Waals surface area contributed by atoms with Gasteiger partial charge in [-0.15, -0.1) is 0 Å². The Kier molecular flexibility index (Phi) is 9.52. The number of carbonyl (C=O) groups excluding carboxylic acids is 3. The molecule has 8 nitrogen and oxygen atoms in total. The molecule has 9 heteroatoms. The summed E-state index contributed by atoms with van der Waals surface area (Å²) in [6.45, 7) is 12.5. The Labute approximate surface area is 229 Å². The van der Waals surface area contributed by atoms with Crippen LogP contribution < -0.4 is 10.1 Å². The van der Waals surface area contributed by atoms with Crippen molar-refractivity contribution in [1.29, 1.82) is 0 Å². The summed E-state index contributed by atoms with van der Waals surface area (Å²) in [7, 11) is 0. The van der Waals surface area contributed by atoms with Gasteiger partial charge in [0.1, 0.15) is 16.9 Å². The molecule has 0 aromatic heterocycles. The number of halogens is 1. The van der Waals surface area contributed by atoms with E-state index in [2.05, 4.69) is 5.32 Å². The number of piperidine rings is 1. The van der Waals surface area contributed by atoms with E-state index in [1.807, 2.05) is 52.0 Å². The molecule has 1 fully saturated rings. The summed E-state index contributed by atoms with van der Waals surface area (Å²) in [5.41, 5.74) is -1.48. The Hall–Kier alpha value is -3.00. The second-order valence-electron chi connectivity index (χ2n) is 10.9. The summed E-state index contributed by atoms with van der Waals surface area (Å²) in [4.78, 5) is 40.2. The predicted octanol–water partition coefficient (Wildman–Crippen LogP) is 5.98. The third-order valence-electron chi connectivity index (χ3n) is 6.74. The quantitative estimate of drug-likeness (QED) is 0.409. The summed E-state index contributed by atoms with van der Waals surface area (Å²) in [5, 5.41) is 4.74. The Balaban J connectivity index is 1.80. The molecule has 0 bridgehead atoms. The van der Waals surface area contributed by atoms with Gasteiger partial charge in [0.15, 0.2) is 0 Å². The number of rotatable bonds is 8. The topological polar surface area (TPSA) is 94.2 Å². The smallest absolute Gasteiger partial charge is 0.410 e. The van der Waals surface area contributed by atoms with Crippen LogP contribution in [0.15, 0.2) is 30.3 Å². The summed E-state index contributed by atoms with van der Waals surface area (Å²) in [6, 6.07) is 9.06. The zero-order valence-electron chi connectivity index (χ0n) is 23.2. The first-order valence-electron chi connectivity index (χ1n) is 13.2. The van der Waals surface area contributed by atoms with Gasteiger partial charge in [-0.05, 0) is 65.9 Å². The van der Waals surface area contributed by atoms with Crippen LogP contribution >= 0.6 is 11.6 Å². The van der Waals surface area contributed by atoms with Crippen molar-refractivity contribution in [1.82, 2.24) is 10.2 Å². The van der Waals surface area contributed by atoms with Gasteiger partial charge in [0.05, 0.1) is 18.8 Å². The van der Waals surface area contributed by atoms with Crippen LogP contribution in [-0.2, 0) is 14.3 Å². The Morgan fingerprint density at radius 1 is 1.05 bits per heavy atom. The van der Waals surface area contributed by atoms with Crippen LogP contribution in [0, 0.1) is 5.92 Å². The van der Waals surface area contributed by atoms with Gasteiger partial charge in [0.25, 0.3) is 5.91 Å². The van der Waals surface area contributed by atoms with Crippen LogP contribution in [0.1, 0.15) is 71.2 Å². The number of amides is 2. The van der Waals surface area contributed by atoms with Crippen molar-refractivity contribution in [2.45, 2.75) is 71.9 Å². The van der Waals surface area contributed by atoms with Crippen LogP contribution in [-0.4, -0.2) is 60.3 Å². The van der Waals surface area contributed by atoms with E-state index in [9.17, 15) is 14.4 Å². The summed E-state index contributed by atoms with van der Waals surface area (Å²) < 4.78 is 17.0. The van der Waals surface area contributed by atoms with Crippen LogP contribution in [0.2, 0.25) is 5.02 Å². The van der Waals surface area contributed by atoms with Crippen molar-refractivity contribution in [3.8, 4) is 5.75 Å². The molecule has 38 heavy (non-hydrogen) atoms. The fourth-order valence-corrected chi connectivity index (χ4v) is 4.60. The maximum absolute atomic E-state index is 13.5. The van der Waals surface area contributed by atoms with Crippen molar-refractivity contribution in [2.24, 2.45) is 5.92 Å². The average Bonchev–Trinajstić information content (AvgIpc) is 2.87. The lowest BCUT2D eigenvalue weighted by Gasteiger charge is -2.33. The molecule has 0 saturated carbocycles. The zero-order valence-corrected chi connectivity index (χ0v) is 23.9. The lowest BCUT2D eigenvalue weighted by Crippen LogP contribution is -2.52. The monoisotopic (exact) mass is 546 g/mol. The Morgan fingerprint density at radius 3 is 2.26 bits per heavy atom. The normalized spacial score (nSPS) is 16.0. The fourth-order valence-electron chi connectivity index (χ4n) is 4.33. The molecule has 1 heterocycles. The maximum atomic E-state index is 13.5. The van der Waals surface area contributed by atoms with Gasteiger partial charge in [-0.25, -0.2) is 9.59 Å². The van der Waals surface area contributed by atoms with Gasteiger partial charge in [0, 0.05) is 28.9 Å². The first kappa shape index (κ1) is 29.6. The number of nitrogens with one attached hydrogen (secondary N) is 1. The van der Waals surface area contributed by atoms with E-state index in [4.69, 9.17) is 25.8 Å². The molecule has 1 N–H and O–H groups in total. The van der Waals surface area contributed by atoms with Crippen LogP contribution in [0.4, 0.5) is 4.79 Å². The molecular formula is C29H39ClN2O6. The molecule has 0 aliphatic carbocycles. The predicted molar refractivity (Wildman–Crippen MR) is 148 cm³/mol. The van der Waals surface area contributed by atoms with Crippen molar-refractivity contribution in [3.63, 3.8) is 0 Å². The van der Waals surface area contributed by atoms with E-state index >= 15 is 0 Å². The maximum Gasteiger partial charge on any atom is 0.410 e. The molecule has 1 aliphatic rings. The van der Waals surface area contributed by atoms with Gasteiger partial charge in [-0.2, -0.15) is 0 Å². The lowest BCUT2D eigenvalue weighted by molar-refractivity contribution is -0.150.